The molecule has 3 rings (SSSR count). The first-order chi connectivity index (χ1) is 14.7. The molecule has 1 fully saturated rings. The number of rotatable bonds is 7. The summed E-state index contributed by atoms with van der Waals surface area (Å²) < 4.78 is 27.2. The third-order valence-electron chi connectivity index (χ3n) is 6.08. The zero-order valence-corrected chi connectivity index (χ0v) is 19.1. The van der Waals surface area contributed by atoms with Crippen LogP contribution in [0.5, 0.6) is 0 Å². The molecule has 0 radical (unpaired) electrons. The molecular formula is C24H30N2O4S. The van der Waals surface area contributed by atoms with Crippen molar-refractivity contribution < 1.29 is 18.0 Å². The molecule has 1 aliphatic rings. The van der Waals surface area contributed by atoms with E-state index in [0.717, 1.165) is 12.1 Å². The fourth-order valence-corrected chi connectivity index (χ4v) is 5.21. The largest absolute Gasteiger partial charge is 0.326 e. The smallest absolute Gasteiger partial charge is 0.243 e. The first kappa shape index (κ1) is 23.2. The van der Waals surface area contributed by atoms with E-state index in [1.807, 2.05) is 24.3 Å². The van der Waals surface area contributed by atoms with E-state index in [-0.39, 0.29) is 22.5 Å². The fraction of sp³-hybridized carbons (Fsp3) is 0.417. The maximum absolute atomic E-state index is 12.9. The number of carbonyl (C=O) groups excluding carboxylic acids is 2. The van der Waals surface area contributed by atoms with Crippen LogP contribution in [-0.4, -0.2) is 37.5 Å². The lowest BCUT2D eigenvalue weighted by molar-refractivity contribution is -0.120. The van der Waals surface area contributed by atoms with Gasteiger partial charge < -0.3 is 5.32 Å². The summed E-state index contributed by atoms with van der Waals surface area (Å²) in [6.45, 7) is 6.35. The molecule has 1 heterocycles. The quantitative estimate of drug-likeness (QED) is 0.643. The first-order valence-electron chi connectivity index (χ1n) is 10.7. The average molecular weight is 443 g/mol. The van der Waals surface area contributed by atoms with Crippen molar-refractivity contribution in [3.8, 4) is 0 Å². The van der Waals surface area contributed by atoms with Crippen molar-refractivity contribution in [2.45, 2.75) is 50.8 Å². The molecule has 0 spiro atoms. The van der Waals surface area contributed by atoms with Gasteiger partial charge in [0.1, 0.15) is 0 Å². The molecule has 0 bridgehead atoms. The van der Waals surface area contributed by atoms with E-state index < -0.39 is 10.0 Å². The number of anilines is 1. The van der Waals surface area contributed by atoms with Crippen LogP contribution in [0.1, 0.15) is 61.9 Å². The predicted molar refractivity (Wildman–Crippen MR) is 122 cm³/mol. The zero-order chi connectivity index (χ0) is 22.6. The highest BCUT2D eigenvalue weighted by molar-refractivity contribution is 7.89. The van der Waals surface area contributed by atoms with E-state index in [4.69, 9.17) is 0 Å². The van der Waals surface area contributed by atoms with Crippen molar-refractivity contribution in [1.82, 2.24) is 4.31 Å². The number of hydrogen-bond acceptors (Lipinski definition) is 4. The summed E-state index contributed by atoms with van der Waals surface area (Å²) in [5.74, 6) is 0.0833. The van der Waals surface area contributed by atoms with Crippen LogP contribution in [0.25, 0.3) is 0 Å². The van der Waals surface area contributed by atoms with Crippen LogP contribution in [-0.2, 0) is 14.8 Å². The van der Waals surface area contributed by atoms with E-state index in [1.165, 1.54) is 41.1 Å². The standard InChI is InChI=1S/C24H30N2O4S/c1-4-17(2)19-5-9-22(10-6-19)25-24(28)21-13-15-26(16-14-21)31(29,30)23-11-7-20(8-12-23)18(3)27/h5-12,17,21H,4,13-16H2,1-3H3,(H,25,28). The van der Waals surface area contributed by atoms with Gasteiger partial charge in [0.25, 0.3) is 0 Å². The Morgan fingerprint density at radius 3 is 2.13 bits per heavy atom. The summed E-state index contributed by atoms with van der Waals surface area (Å²) in [7, 11) is -3.64. The molecule has 1 atom stereocenters. The Balaban J connectivity index is 1.58. The molecule has 31 heavy (non-hydrogen) atoms. The number of carbonyl (C=O) groups is 2. The van der Waals surface area contributed by atoms with Gasteiger partial charge in [0.2, 0.25) is 15.9 Å². The van der Waals surface area contributed by atoms with Gasteiger partial charge >= 0.3 is 0 Å². The maximum atomic E-state index is 12.9. The van der Waals surface area contributed by atoms with Gasteiger partial charge in [-0.1, -0.05) is 38.1 Å². The number of Topliss-reactive ketones (excluding diaryl/α,β-unsaturated/α-hetero) is 1. The normalized spacial score (nSPS) is 16.6. The Kier molecular flexibility index (Phi) is 7.28. The van der Waals surface area contributed by atoms with Gasteiger partial charge in [0, 0.05) is 30.3 Å². The highest BCUT2D eigenvalue weighted by atomic mass is 32.2. The van der Waals surface area contributed by atoms with Crippen LogP contribution >= 0.6 is 0 Å². The van der Waals surface area contributed by atoms with Crippen LogP contribution in [0.15, 0.2) is 53.4 Å². The van der Waals surface area contributed by atoms with E-state index in [9.17, 15) is 18.0 Å². The number of nitrogens with one attached hydrogen (secondary N) is 1. The van der Waals surface area contributed by atoms with E-state index in [1.54, 1.807) is 0 Å². The Hall–Kier alpha value is -2.51. The highest BCUT2D eigenvalue weighted by Gasteiger charge is 2.32. The number of ketones is 1. The lowest BCUT2D eigenvalue weighted by atomic mass is 9.96. The number of amides is 1. The van der Waals surface area contributed by atoms with Gasteiger partial charge in [-0.15, -0.1) is 0 Å². The molecule has 0 aromatic heterocycles. The molecule has 166 valence electrons. The third kappa shape index (κ3) is 5.40. The Morgan fingerprint density at radius 2 is 1.61 bits per heavy atom. The second-order valence-corrected chi connectivity index (χ2v) is 10.1. The highest BCUT2D eigenvalue weighted by Crippen LogP contribution is 2.26. The van der Waals surface area contributed by atoms with Gasteiger partial charge in [-0.05, 0) is 61.9 Å². The van der Waals surface area contributed by atoms with Crippen molar-refractivity contribution in [3.63, 3.8) is 0 Å². The molecule has 1 aliphatic heterocycles. The molecule has 0 saturated carbocycles. The minimum atomic E-state index is -3.64. The van der Waals surface area contributed by atoms with Gasteiger partial charge in [-0.2, -0.15) is 4.31 Å². The van der Waals surface area contributed by atoms with Crippen LogP contribution < -0.4 is 5.32 Å². The lowest BCUT2D eigenvalue weighted by Gasteiger charge is -2.30. The summed E-state index contributed by atoms with van der Waals surface area (Å²) in [5, 5.41) is 2.96. The number of piperidine rings is 1. The maximum Gasteiger partial charge on any atom is 0.243 e. The second kappa shape index (κ2) is 9.75. The van der Waals surface area contributed by atoms with Crippen molar-refractivity contribution in [1.29, 1.82) is 0 Å². The van der Waals surface area contributed by atoms with Crippen LogP contribution in [0, 0.1) is 5.92 Å². The van der Waals surface area contributed by atoms with Gasteiger partial charge in [0.15, 0.2) is 5.78 Å². The Labute approximate surface area is 184 Å². The van der Waals surface area contributed by atoms with Crippen molar-refractivity contribution in [3.05, 3.63) is 59.7 Å². The fourth-order valence-electron chi connectivity index (χ4n) is 3.74. The topological polar surface area (TPSA) is 83.6 Å². The molecule has 2 aromatic rings. The van der Waals surface area contributed by atoms with E-state index >= 15 is 0 Å². The van der Waals surface area contributed by atoms with E-state index in [0.29, 0.717) is 37.4 Å². The summed E-state index contributed by atoms with van der Waals surface area (Å²) in [6, 6.07) is 13.9. The number of nitrogens with zero attached hydrogens (tertiary/aromatic N) is 1. The SMILES string of the molecule is CCC(C)c1ccc(NC(=O)C2CCN(S(=O)(=O)c3ccc(C(C)=O)cc3)CC2)cc1. The summed E-state index contributed by atoms with van der Waals surface area (Å²) in [4.78, 5) is 24.2. The van der Waals surface area contributed by atoms with E-state index in [2.05, 4.69) is 19.2 Å². The van der Waals surface area contributed by atoms with Gasteiger partial charge in [-0.25, -0.2) is 8.42 Å². The zero-order valence-electron chi connectivity index (χ0n) is 18.3. The molecule has 6 nitrogen and oxygen atoms in total. The Bertz CT molecular complexity index is 1020. The number of sulfonamides is 1. The molecule has 1 N–H and O–H groups in total. The first-order valence-corrected chi connectivity index (χ1v) is 12.2. The van der Waals surface area contributed by atoms with Crippen molar-refractivity contribution in [2.24, 2.45) is 5.92 Å². The molecular weight excluding hydrogens is 412 g/mol. The summed E-state index contributed by atoms with van der Waals surface area (Å²) in [5.41, 5.74) is 2.49. The predicted octanol–water partition coefficient (Wildman–Crippen LogP) is 4.44. The molecule has 1 amide bonds. The van der Waals surface area contributed by atoms with Crippen molar-refractivity contribution >= 4 is 27.4 Å². The van der Waals surface area contributed by atoms with Crippen molar-refractivity contribution in [2.75, 3.05) is 18.4 Å². The number of benzene rings is 2. The third-order valence-corrected chi connectivity index (χ3v) is 8.00. The van der Waals surface area contributed by atoms with Crippen LogP contribution in [0.4, 0.5) is 5.69 Å². The summed E-state index contributed by atoms with van der Waals surface area (Å²) in [6.07, 6.45) is 2.01. The number of hydrogen-bond donors (Lipinski definition) is 1. The van der Waals surface area contributed by atoms with Crippen LogP contribution in [0.3, 0.4) is 0 Å². The molecule has 2 aromatic carbocycles. The molecule has 7 heteroatoms. The van der Waals surface area contributed by atoms with Gasteiger partial charge in [0.05, 0.1) is 4.90 Å². The Morgan fingerprint density at radius 1 is 1.03 bits per heavy atom. The minimum Gasteiger partial charge on any atom is -0.326 e. The lowest BCUT2D eigenvalue weighted by Crippen LogP contribution is -2.41. The minimum absolute atomic E-state index is 0.0702. The average Bonchev–Trinajstić information content (AvgIpc) is 2.79. The molecule has 0 aliphatic carbocycles. The second-order valence-electron chi connectivity index (χ2n) is 8.18. The van der Waals surface area contributed by atoms with Gasteiger partial charge in [-0.3, -0.25) is 9.59 Å². The van der Waals surface area contributed by atoms with Crippen LogP contribution in [0.2, 0.25) is 0 Å². The summed E-state index contributed by atoms with van der Waals surface area (Å²) >= 11 is 0. The molecule has 1 saturated heterocycles. The molecule has 1 unspecified atom stereocenters. The monoisotopic (exact) mass is 442 g/mol.